The SMILES string of the molecule is O=C1S/C(=C\c2ccc([N+](=O)[O-])cc2)C(=O)N1CCOc1ccccc1Cl. The van der Waals surface area contributed by atoms with E-state index < -0.39 is 16.1 Å². The highest BCUT2D eigenvalue weighted by molar-refractivity contribution is 8.18. The van der Waals surface area contributed by atoms with Crippen molar-refractivity contribution in [2.75, 3.05) is 13.2 Å². The predicted molar refractivity (Wildman–Crippen MR) is 103 cm³/mol. The zero-order valence-electron chi connectivity index (χ0n) is 13.8. The monoisotopic (exact) mass is 404 g/mol. The van der Waals surface area contributed by atoms with Crippen molar-refractivity contribution in [2.45, 2.75) is 0 Å². The first kappa shape index (κ1) is 18.9. The number of hydrogen-bond donors (Lipinski definition) is 0. The number of nitro groups is 1. The van der Waals surface area contributed by atoms with E-state index in [9.17, 15) is 19.7 Å². The van der Waals surface area contributed by atoms with Crippen molar-refractivity contribution in [1.29, 1.82) is 0 Å². The number of ether oxygens (including phenoxy) is 1. The van der Waals surface area contributed by atoms with Crippen molar-refractivity contribution in [2.24, 2.45) is 0 Å². The van der Waals surface area contributed by atoms with Crippen LogP contribution in [0.2, 0.25) is 5.02 Å². The lowest BCUT2D eigenvalue weighted by Crippen LogP contribution is -2.32. The van der Waals surface area contributed by atoms with Crippen LogP contribution in [-0.2, 0) is 4.79 Å². The highest BCUT2D eigenvalue weighted by Crippen LogP contribution is 2.32. The first-order chi connectivity index (χ1) is 13.0. The maximum absolute atomic E-state index is 12.4. The Morgan fingerprint density at radius 2 is 1.85 bits per heavy atom. The Morgan fingerprint density at radius 3 is 2.52 bits per heavy atom. The molecule has 2 amide bonds. The van der Waals surface area contributed by atoms with E-state index in [1.807, 2.05) is 0 Å². The van der Waals surface area contributed by atoms with Crippen LogP contribution in [0.25, 0.3) is 6.08 Å². The van der Waals surface area contributed by atoms with Gasteiger partial charge in [0, 0.05) is 12.1 Å². The number of imide groups is 1. The van der Waals surface area contributed by atoms with Gasteiger partial charge in [-0.3, -0.25) is 24.6 Å². The fraction of sp³-hybridized carbons (Fsp3) is 0.111. The molecule has 3 rings (SSSR count). The van der Waals surface area contributed by atoms with Crippen molar-refractivity contribution in [1.82, 2.24) is 4.90 Å². The molecule has 1 fully saturated rings. The van der Waals surface area contributed by atoms with Gasteiger partial charge in [-0.1, -0.05) is 23.7 Å². The number of halogens is 1. The van der Waals surface area contributed by atoms with E-state index in [-0.39, 0.29) is 23.7 Å². The molecule has 0 unspecified atom stereocenters. The van der Waals surface area contributed by atoms with Crippen molar-refractivity contribution in [3.8, 4) is 5.75 Å². The molecule has 0 radical (unpaired) electrons. The van der Waals surface area contributed by atoms with Crippen molar-refractivity contribution < 1.29 is 19.2 Å². The van der Waals surface area contributed by atoms with Gasteiger partial charge in [0.25, 0.3) is 16.8 Å². The molecular formula is C18H13ClN2O5S. The van der Waals surface area contributed by atoms with Crippen LogP contribution in [-0.4, -0.2) is 34.1 Å². The molecule has 0 bridgehead atoms. The van der Waals surface area contributed by atoms with E-state index in [4.69, 9.17) is 16.3 Å². The number of hydrogen-bond acceptors (Lipinski definition) is 6. The number of rotatable bonds is 6. The quantitative estimate of drug-likeness (QED) is 0.403. The van der Waals surface area contributed by atoms with Gasteiger partial charge in [0.2, 0.25) is 0 Å². The molecule has 1 aliphatic heterocycles. The highest BCUT2D eigenvalue weighted by atomic mass is 35.5. The fourth-order valence-corrected chi connectivity index (χ4v) is 3.40. The number of benzene rings is 2. The summed E-state index contributed by atoms with van der Waals surface area (Å²) in [4.78, 5) is 36.1. The summed E-state index contributed by atoms with van der Waals surface area (Å²) in [6.45, 7) is 0.208. The van der Waals surface area contributed by atoms with Crippen molar-refractivity contribution >= 4 is 46.3 Å². The Kier molecular flexibility index (Phi) is 5.78. The summed E-state index contributed by atoms with van der Waals surface area (Å²) in [6, 6.07) is 12.7. The third-order valence-electron chi connectivity index (χ3n) is 3.68. The molecule has 27 heavy (non-hydrogen) atoms. The largest absolute Gasteiger partial charge is 0.490 e. The Hall–Kier alpha value is -2.84. The molecule has 138 valence electrons. The van der Waals surface area contributed by atoms with Crippen LogP contribution in [0.15, 0.2) is 53.4 Å². The minimum absolute atomic E-state index is 0.0445. The molecule has 2 aromatic carbocycles. The number of carbonyl (C=O) groups excluding carboxylic acids is 2. The number of thioether (sulfide) groups is 1. The Bertz CT molecular complexity index is 930. The van der Waals surface area contributed by atoms with Crippen LogP contribution < -0.4 is 4.74 Å². The number of nitrogens with zero attached hydrogens (tertiary/aromatic N) is 2. The van der Waals surface area contributed by atoms with E-state index in [2.05, 4.69) is 0 Å². The molecule has 0 N–H and O–H groups in total. The molecule has 1 saturated heterocycles. The smallest absolute Gasteiger partial charge is 0.293 e. The van der Waals surface area contributed by atoms with E-state index in [0.29, 0.717) is 16.3 Å². The van der Waals surface area contributed by atoms with E-state index >= 15 is 0 Å². The Labute approximate surface area is 163 Å². The first-order valence-corrected chi connectivity index (χ1v) is 9.02. The highest BCUT2D eigenvalue weighted by Gasteiger charge is 2.34. The van der Waals surface area contributed by atoms with Crippen molar-refractivity contribution in [3.63, 3.8) is 0 Å². The molecule has 2 aromatic rings. The zero-order valence-corrected chi connectivity index (χ0v) is 15.4. The normalized spacial score (nSPS) is 15.4. The lowest BCUT2D eigenvalue weighted by atomic mass is 10.2. The number of para-hydroxylation sites is 1. The Balaban J connectivity index is 1.64. The van der Waals surface area contributed by atoms with E-state index in [1.54, 1.807) is 24.3 Å². The van der Waals surface area contributed by atoms with E-state index in [1.165, 1.54) is 30.3 Å². The fourth-order valence-electron chi connectivity index (χ4n) is 2.35. The van der Waals surface area contributed by atoms with Gasteiger partial charge in [-0.2, -0.15) is 0 Å². The van der Waals surface area contributed by atoms with Gasteiger partial charge >= 0.3 is 0 Å². The minimum atomic E-state index is -0.503. The zero-order chi connectivity index (χ0) is 19.4. The second-order valence-electron chi connectivity index (χ2n) is 5.46. The van der Waals surface area contributed by atoms with Gasteiger partial charge in [0.05, 0.1) is 21.4 Å². The number of nitro benzene ring substituents is 1. The minimum Gasteiger partial charge on any atom is -0.490 e. The van der Waals surface area contributed by atoms with E-state index in [0.717, 1.165) is 16.7 Å². The summed E-state index contributed by atoms with van der Waals surface area (Å²) in [5.74, 6) is 0.0543. The summed E-state index contributed by atoms with van der Waals surface area (Å²) in [6.07, 6.45) is 1.53. The van der Waals surface area contributed by atoms with Gasteiger partial charge in [-0.05, 0) is 47.7 Å². The number of amides is 2. The van der Waals surface area contributed by atoms with Crippen LogP contribution in [0.3, 0.4) is 0 Å². The second-order valence-corrected chi connectivity index (χ2v) is 6.86. The lowest BCUT2D eigenvalue weighted by molar-refractivity contribution is -0.384. The maximum atomic E-state index is 12.4. The average Bonchev–Trinajstić information content (AvgIpc) is 2.91. The van der Waals surface area contributed by atoms with Crippen LogP contribution in [0, 0.1) is 10.1 Å². The van der Waals surface area contributed by atoms with Crippen LogP contribution in [0.4, 0.5) is 10.5 Å². The summed E-state index contributed by atoms with van der Waals surface area (Å²) >= 11 is 6.81. The summed E-state index contributed by atoms with van der Waals surface area (Å²) < 4.78 is 5.51. The maximum Gasteiger partial charge on any atom is 0.293 e. The molecule has 7 nitrogen and oxygen atoms in total. The molecule has 1 heterocycles. The van der Waals surface area contributed by atoms with Crippen LogP contribution >= 0.6 is 23.4 Å². The predicted octanol–water partition coefficient (Wildman–Crippen LogP) is 4.36. The van der Waals surface area contributed by atoms with Crippen LogP contribution in [0.5, 0.6) is 5.75 Å². The molecule has 9 heteroatoms. The molecule has 0 aromatic heterocycles. The molecular weight excluding hydrogens is 392 g/mol. The molecule has 1 aliphatic rings. The van der Waals surface area contributed by atoms with Gasteiger partial charge in [0.1, 0.15) is 12.4 Å². The first-order valence-electron chi connectivity index (χ1n) is 7.83. The third kappa shape index (κ3) is 4.47. The molecule has 0 saturated carbocycles. The standard InChI is InChI=1S/C18H13ClN2O5S/c19-14-3-1-2-4-15(14)26-10-9-20-17(22)16(27-18(20)23)11-12-5-7-13(8-6-12)21(24)25/h1-8,11H,9-10H2/b16-11-. The molecule has 0 atom stereocenters. The summed E-state index contributed by atoms with van der Waals surface area (Å²) in [5, 5.41) is 10.7. The molecule has 0 spiro atoms. The van der Waals surface area contributed by atoms with Crippen molar-refractivity contribution in [3.05, 3.63) is 74.1 Å². The van der Waals surface area contributed by atoms with Gasteiger partial charge in [-0.15, -0.1) is 0 Å². The van der Waals surface area contributed by atoms with Gasteiger partial charge < -0.3 is 4.74 Å². The molecule has 0 aliphatic carbocycles. The van der Waals surface area contributed by atoms with Gasteiger partial charge in [0.15, 0.2) is 0 Å². The Morgan fingerprint density at radius 1 is 1.15 bits per heavy atom. The lowest BCUT2D eigenvalue weighted by Gasteiger charge is -2.13. The number of carbonyl (C=O) groups is 2. The second kappa shape index (κ2) is 8.24. The van der Waals surface area contributed by atoms with Gasteiger partial charge in [-0.25, -0.2) is 0 Å². The van der Waals surface area contributed by atoms with Crippen LogP contribution in [0.1, 0.15) is 5.56 Å². The third-order valence-corrected chi connectivity index (χ3v) is 4.90. The summed E-state index contributed by atoms with van der Waals surface area (Å²) in [7, 11) is 0. The average molecular weight is 405 g/mol. The topological polar surface area (TPSA) is 89.8 Å². The number of non-ortho nitro benzene ring substituents is 1. The summed E-state index contributed by atoms with van der Waals surface area (Å²) in [5.41, 5.74) is 0.551.